The van der Waals surface area contributed by atoms with Crippen LogP contribution in [0.5, 0.6) is 0 Å². The Balaban J connectivity index is 0.000000294. The van der Waals surface area contributed by atoms with Crippen LogP contribution in [-0.4, -0.2) is 37.3 Å². The molecule has 0 unspecified atom stereocenters. The highest BCUT2D eigenvalue weighted by Gasteiger charge is 2.12. The van der Waals surface area contributed by atoms with Crippen molar-refractivity contribution < 1.29 is 19.8 Å². The minimum Gasteiger partial charge on any atom is -0.481 e. The molecule has 9 nitrogen and oxygen atoms in total. The molecule has 0 saturated heterocycles. The number of carboxylic acids is 2. The van der Waals surface area contributed by atoms with Gasteiger partial charge in [0.25, 0.3) is 0 Å². The van der Waals surface area contributed by atoms with Crippen LogP contribution in [0.15, 0.2) is 18.2 Å². The molecule has 2 aromatic rings. The molecule has 1 aromatic carbocycles. The zero-order chi connectivity index (χ0) is 19.7. The molecule has 0 bridgehead atoms. The minimum absolute atomic E-state index is 0.0133. The van der Waals surface area contributed by atoms with Crippen molar-refractivity contribution in [3.63, 3.8) is 0 Å². The number of unbranched alkanes of at least 4 members (excludes halogenated alkanes) is 1. The Labute approximate surface area is 159 Å². The second-order valence-corrected chi connectivity index (χ2v) is 5.78. The zero-order valence-electron chi connectivity index (χ0n) is 13.5. The van der Waals surface area contributed by atoms with E-state index in [0.717, 1.165) is 0 Å². The van der Waals surface area contributed by atoms with Crippen molar-refractivity contribution in [2.45, 2.75) is 25.7 Å². The first-order valence-electron chi connectivity index (χ1n) is 7.36. The van der Waals surface area contributed by atoms with Gasteiger partial charge in [-0.3, -0.25) is 9.59 Å². The van der Waals surface area contributed by atoms with Crippen molar-refractivity contribution in [2.75, 3.05) is 11.5 Å². The molecule has 140 valence electrons. The highest BCUT2D eigenvalue weighted by Crippen LogP contribution is 2.34. The summed E-state index contributed by atoms with van der Waals surface area (Å²) in [6.45, 7) is 0. The molecule has 0 aliphatic carbocycles. The summed E-state index contributed by atoms with van der Waals surface area (Å²) in [6, 6.07) is 5.13. The second kappa shape index (κ2) is 10.4. The third-order valence-electron chi connectivity index (χ3n) is 2.97. The van der Waals surface area contributed by atoms with Crippen LogP contribution in [0, 0.1) is 0 Å². The lowest BCUT2D eigenvalue weighted by Crippen LogP contribution is -2.04. The zero-order valence-corrected chi connectivity index (χ0v) is 15.0. The first-order valence-corrected chi connectivity index (χ1v) is 8.11. The van der Waals surface area contributed by atoms with Gasteiger partial charge in [0, 0.05) is 18.4 Å². The number of nitrogens with two attached hydrogens (primary N) is 2. The van der Waals surface area contributed by atoms with Gasteiger partial charge in [-0.15, -0.1) is 10.2 Å². The Morgan fingerprint density at radius 1 is 1.00 bits per heavy atom. The fourth-order valence-electron chi connectivity index (χ4n) is 1.78. The number of halogens is 2. The number of aliphatic carboxylic acids is 2. The highest BCUT2D eigenvalue weighted by molar-refractivity contribution is 6.43. The molecule has 0 fully saturated rings. The monoisotopic (exact) mass is 401 g/mol. The average Bonchev–Trinajstić information content (AvgIpc) is 2.55. The first-order chi connectivity index (χ1) is 12.2. The molecule has 0 saturated carbocycles. The largest absolute Gasteiger partial charge is 0.481 e. The maximum atomic E-state index is 9.90. The summed E-state index contributed by atoms with van der Waals surface area (Å²) >= 11 is 11.9. The standard InChI is InChI=1S/C9H7Cl2N5.C6H10O4/c10-5-3-1-2-4(6(5)11)7-8(12)14-9(13)16-15-7;7-5(8)3-1-2-4-6(9)10/h1-3H,(H4,12,13,14,16);1-4H2,(H,7,8)(H,9,10). The Morgan fingerprint density at radius 2 is 1.58 bits per heavy atom. The average molecular weight is 402 g/mol. The Bertz CT molecular complexity index is 773. The fourth-order valence-corrected chi connectivity index (χ4v) is 2.17. The molecule has 0 radical (unpaired) electrons. The number of carboxylic acid groups (broad SMARTS) is 2. The van der Waals surface area contributed by atoms with E-state index in [0.29, 0.717) is 34.1 Å². The van der Waals surface area contributed by atoms with E-state index in [1.165, 1.54) is 0 Å². The van der Waals surface area contributed by atoms with E-state index in [4.69, 9.17) is 44.9 Å². The van der Waals surface area contributed by atoms with Gasteiger partial charge in [0.15, 0.2) is 5.82 Å². The van der Waals surface area contributed by atoms with Gasteiger partial charge < -0.3 is 21.7 Å². The normalized spacial score (nSPS) is 9.92. The van der Waals surface area contributed by atoms with Crippen LogP contribution in [0.2, 0.25) is 10.0 Å². The molecule has 0 aliphatic rings. The third-order valence-corrected chi connectivity index (χ3v) is 3.79. The van der Waals surface area contributed by atoms with Gasteiger partial charge in [-0.2, -0.15) is 4.98 Å². The van der Waals surface area contributed by atoms with E-state index in [-0.39, 0.29) is 24.6 Å². The van der Waals surface area contributed by atoms with E-state index < -0.39 is 11.9 Å². The molecule has 1 aromatic heterocycles. The third kappa shape index (κ3) is 7.08. The summed E-state index contributed by atoms with van der Waals surface area (Å²) in [6.07, 6.45) is 1.02. The van der Waals surface area contributed by atoms with Crippen molar-refractivity contribution in [1.82, 2.24) is 15.2 Å². The Hall–Kier alpha value is -2.65. The first kappa shape index (κ1) is 21.4. The van der Waals surface area contributed by atoms with Crippen LogP contribution in [0.4, 0.5) is 11.8 Å². The topological polar surface area (TPSA) is 165 Å². The summed E-state index contributed by atoms with van der Waals surface area (Å²) < 4.78 is 0. The van der Waals surface area contributed by atoms with Crippen molar-refractivity contribution in [3.8, 4) is 11.3 Å². The molecule has 1 heterocycles. The lowest BCUT2D eigenvalue weighted by molar-refractivity contribution is -0.139. The quantitative estimate of drug-likeness (QED) is 0.531. The Morgan fingerprint density at radius 3 is 2.08 bits per heavy atom. The van der Waals surface area contributed by atoms with Gasteiger partial charge in [0.1, 0.15) is 5.69 Å². The molecular formula is C15H17Cl2N5O4. The van der Waals surface area contributed by atoms with Crippen LogP contribution in [0.25, 0.3) is 11.3 Å². The van der Waals surface area contributed by atoms with E-state index in [9.17, 15) is 9.59 Å². The molecule has 0 atom stereocenters. The summed E-state index contributed by atoms with van der Waals surface area (Å²) in [5, 5.41) is 24.5. The van der Waals surface area contributed by atoms with Crippen LogP contribution < -0.4 is 11.5 Å². The minimum atomic E-state index is -0.870. The summed E-state index contributed by atoms with van der Waals surface area (Å²) in [4.78, 5) is 23.6. The van der Waals surface area contributed by atoms with Gasteiger partial charge >= 0.3 is 11.9 Å². The van der Waals surface area contributed by atoms with Crippen molar-refractivity contribution in [2.24, 2.45) is 0 Å². The molecular weight excluding hydrogens is 385 g/mol. The lowest BCUT2D eigenvalue weighted by atomic mass is 10.1. The SMILES string of the molecule is Nc1nnc(-c2cccc(Cl)c2Cl)c(N)n1.O=C(O)CCCCC(=O)O. The molecule has 6 N–H and O–H groups in total. The molecule has 2 rings (SSSR count). The lowest BCUT2D eigenvalue weighted by Gasteiger charge is -2.06. The summed E-state index contributed by atoms with van der Waals surface area (Å²) in [5.41, 5.74) is 12.0. The number of nitrogens with zero attached hydrogens (tertiary/aromatic N) is 3. The molecule has 11 heteroatoms. The maximum absolute atomic E-state index is 9.90. The number of benzene rings is 1. The van der Waals surface area contributed by atoms with Crippen LogP contribution in [-0.2, 0) is 9.59 Å². The molecule has 0 amide bonds. The molecule has 0 aliphatic heterocycles. The predicted octanol–water partition coefficient (Wildman–Crippen LogP) is 2.73. The number of aromatic nitrogens is 3. The fraction of sp³-hybridized carbons (Fsp3) is 0.267. The van der Waals surface area contributed by atoms with E-state index in [1.807, 2.05) is 0 Å². The van der Waals surface area contributed by atoms with Gasteiger partial charge in [-0.25, -0.2) is 0 Å². The number of nitrogen functional groups attached to an aromatic ring is 2. The van der Waals surface area contributed by atoms with Crippen LogP contribution in [0.1, 0.15) is 25.7 Å². The van der Waals surface area contributed by atoms with Gasteiger partial charge in [-0.1, -0.05) is 35.3 Å². The van der Waals surface area contributed by atoms with E-state index >= 15 is 0 Å². The van der Waals surface area contributed by atoms with Gasteiger partial charge in [0.05, 0.1) is 10.0 Å². The Kier molecular flexibility index (Phi) is 8.53. The molecule has 26 heavy (non-hydrogen) atoms. The smallest absolute Gasteiger partial charge is 0.303 e. The predicted molar refractivity (Wildman–Crippen MR) is 97.8 cm³/mol. The second-order valence-electron chi connectivity index (χ2n) is 5.00. The van der Waals surface area contributed by atoms with Crippen molar-refractivity contribution in [1.29, 1.82) is 0 Å². The number of anilines is 2. The summed E-state index contributed by atoms with van der Waals surface area (Å²) in [7, 11) is 0. The number of hydrogen-bond acceptors (Lipinski definition) is 7. The highest BCUT2D eigenvalue weighted by atomic mass is 35.5. The molecule has 0 spiro atoms. The number of carbonyl (C=O) groups is 2. The van der Waals surface area contributed by atoms with Crippen molar-refractivity contribution >= 4 is 46.9 Å². The maximum Gasteiger partial charge on any atom is 0.303 e. The summed E-state index contributed by atoms with van der Waals surface area (Å²) in [5.74, 6) is -1.56. The van der Waals surface area contributed by atoms with E-state index in [2.05, 4.69) is 15.2 Å². The number of rotatable bonds is 6. The van der Waals surface area contributed by atoms with Gasteiger partial charge in [-0.05, 0) is 18.9 Å². The van der Waals surface area contributed by atoms with E-state index in [1.54, 1.807) is 18.2 Å². The van der Waals surface area contributed by atoms with Crippen LogP contribution in [0.3, 0.4) is 0 Å². The number of hydrogen-bond donors (Lipinski definition) is 4. The van der Waals surface area contributed by atoms with Crippen LogP contribution >= 0.6 is 23.2 Å². The van der Waals surface area contributed by atoms with Gasteiger partial charge in [0.2, 0.25) is 5.95 Å². The van der Waals surface area contributed by atoms with Crippen molar-refractivity contribution in [3.05, 3.63) is 28.2 Å².